The second kappa shape index (κ2) is 10.3. The monoisotopic (exact) mass is 477 g/mol. The minimum atomic E-state index is -2.35. The number of carboxylic acid groups (broad SMARTS) is 3. The summed E-state index contributed by atoms with van der Waals surface area (Å²) >= 11 is 16.6. The number of nitrogens with one attached hydrogen (secondary N) is 1. The van der Waals surface area contributed by atoms with Crippen LogP contribution in [0.5, 0.6) is 0 Å². The maximum absolute atomic E-state index is 12.2. The third-order valence-electron chi connectivity index (χ3n) is 4.28. The van der Waals surface area contributed by atoms with E-state index in [9.17, 15) is 34.5 Å². The Kier molecular flexibility index (Phi) is 8.94. The molecule has 1 aliphatic heterocycles. The molecule has 29 heavy (non-hydrogen) atoms. The normalized spacial score (nSPS) is 27.0. The van der Waals surface area contributed by atoms with Gasteiger partial charge < -0.3 is 29.5 Å². The lowest BCUT2D eigenvalue weighted by Gasteiger charge is -2.44. The number of carboxylic acids is 3. The molecule has 1 rings (SSSR count). The number of hydrogen-bond donors (Lipinski definition) is 4. The van der Waals surface area contributed by atoms with Gasteiger partial charge in [0.25, 0.3) is 3.79 Å². The summed E-state index contributed by atoms with van der Waals surface area (Å²) in [6.07, 6.45) is -5.43. The molecule has 1 aliphatic rings. The van der Waals surface area contributed by atoms with E-state index >= 15 is 0 Å². The Hall–Kier alpha value is -1.82. The zero-order valence-corrected chi connectivity index (χ0v) is 17.1. The molecular weight excluding hydrogens is 461 g/mol. The number of rotatable bonds is 8. The number of esters is 1. The van der Waals surface area contributed by atoms with Gasteiger partial charge in [0, 0.05) is 18.3 Å². The highest BCUT2D eigenvalue weighted by atomic mass is 35.6. The standard InChI is InChI=1S/C15H18Cl3NO10/c1-27-12(26)11-6(3-9(22)23)5(2-8(20)21)7(4-10(24)25)13(28-11)29-14(19)15(16,17)18/h5-7,11,13,19H,2-4H2,1H3,(H,20,21)(H,22,23)(H,24,25)/t5-,6-,7+,11-,13+/m0/s1. The third kappa shape index (κ3) is 7.18. The molecule has 11 nitrogen and oxygen atoms in total. The molecule has 1 fully saturated rings. The van der Waals surface area contributed by atoms with E-state index in [2.05, 4.69) is 4.74 Å². The lowest BCUT2D eigenvalue weighted by molar-refractivity contribution is -0.238. The summed E-state index contributed by atoms with van der Waals surface area (Å²) in [6, 6.07) is 0. The van der Waals surface area contributed by atoms with Gasteiger partial charge in [-0.15, -0.1) is 0 Å². The number of halogens is 3. The molecule has 0 unspecified atom stereocenters. The van der Waals surface area contributed by atoms with Crippen LogP contribution in [0.2, 0.25) is 0 Å². The van der Waals surface area contributed by atoms with Gasteiger partial charge in [-0.05, 0) is 5.92 Å². The lowest BCUT2D eigenvalue weighted by atomic mass is 9.71. The fourth-order valence-electron chi connectivity index (χ4n) is 3.15. The molecule has 0 aromatic rings. The summed E-state index contributed by atoms with van der Waals surface area (Å²) in [6.45, 7) is 0. The van der Waals surface area contributed by atoms with E-state index in [-0.39, 0.29) is 0 Å². The van der Waals surface area contributed by atoms with Crippen LogP contribution in [-0.2, 0) is 33.4 Å². The van der Waals surface area contributed by atoms with Crippen molar-refractivity contribution in [1.29, 1.82) is 5.41 Å². The molecule has 164 valence electrons. The Morgan fingerprint density at radius 2 is 1.38 bits per heavy atom. The van der Waals surface area contributed by atoms with Crippen molar-refractivity contribution in [2.45, 2.75) is 35.4 Å². The van der Waals surface area contributed by atoms with Crippen LogP contribution in [0.1, 0.15) is 19.3 Å². The maximum Gasteiger partial charge on any atom is 0.335 e. The number of hydrogen-bond acceptors (Lipinski definition) is 8. The molecule has 1 saturated heterocycles. The first-order valence-electron chi connectivity index (χ1n) is 7.99. The molecule has 5 atom stereocenters. The summed E-state index contributed by atoms with van der Waals surface area (Å²) in [7, 11) is 0.998. The Labute approximate surface area is 179 Å². The van der Waals surface area contributed by atoms with Gasteiger partial charge in [0.1, 0.15) is 0 Å². The van der Waals surface area contributed by atoms with E-state index in [1.165, 1.54) is 0 Å². The van der Waals surface area contributed by atoms with Crippen LogP contribution in [0.4, 0.5) is 0 Å². The zero-order valence-electron chi connectivity index (χ0n) is 14.8. The fraction of sp³-hybridized carbons (Fsp3) is 0.667. The molecule has 4 N–H and O–H groups in total. The highest BCUT2D eigenvalue weighted by molar-refractivity contribution is 6.76. The van der Waals surface area contributed by atoms with Crippen LogP contribution in [0.25, 0.3) is 0 Å². The second-order valence-electron chi connectivity index (χ2n) is 6.18. The zero-order chi connectivity index (χ0) is 22.5. The van der Waals surface area contributed by atoms with Crippen LogP contribution >= 0.6 is 34.8 Å². The van der Waals surface area contributed by atoms with Gasteiger partial charge in [-0.1, -0.05) is 34.8 Å². The quantitative estimate of drug-likeness (QED) is 0.173. The summed E-state index contributed by atoms with van der Waals surface area (Å²) in [5, 5.41) is 35.3. The number of methoxy groups -OCH3 is 1. The molecular formula is C15H18Cl3NO10. The number of ether oxygens (including phenoxy) is 3. The molecule has 0 radical (unpaired) electrons. The topological polar surface area (TPSA) is 181 Å². The van der Waals surface area contributed by atoms with Crippen molar-refractivity contribution in [3.63, 3.8) is 0 Å². The van der Waals surface area contributed by atoms with Crippen molar-refractivity contribution in [3.05, 3.63) is 0 Å². The molecule has 0 amide bonds. The predicted molar refractivity (Wildman–Crippen MR) is 97.0 cm³/mol. The van der Waals surface area contributed by atoms with Gasteiger partial charge in [-0.3, -0.25) is 19.8 Å². The largest absolute Gasteiger partial charge is 0.481 e. The summed E-state index contributed by atoms with van der Waals surface area (Å²) in [5.41, 5.74) is 0. The van der Waals surface area contributed by atoms with E-state index in [1.54, 1.807) is 0 Å². The van der Waals surface area contributed by atoms with Crippen LogP contribution < -0.4 is 0 Å². The maximum atomic E-state index is 12.2. The Morgan fingerprint density at radius 1 is 0.931 bits per heavy atom. The van der Waals surface area contributed by atoms with Crippen molar-refractivity contribution in [2.24, 2.45) is 17.8 Å². The smallest absolute Gasteiger partial charge is 0.335 e. The molecule has 14 heteroatoms. The average molecular weight is 479 g/mol. The number of carbonyl (C=O) groups is 4. The summed E-state index contributed by atoms with van der Waals surface area (Å²) in [4.78, 5) is 46.1. The van der Waals surface area contributed by atoms with E-state index in [1.807, 2.05) is 0 Å². The number of alkyl halides is 3. The van der Waals surface area contributed by atoms with Crippen molar-refractivity contribution in [2.75, 3.05) is 7.11 Å². The highest BCUT2D eigenvalue weighted by Gasteiger charge is 2.52. The third-order valence-corrected chi connectivity index (χ3v) is 4.79. The molecule has 0 aromatic heterocycles. The van der Waals surface area contributed by atoms with Crippen molar-refractivity contribution in [3.8, 4) is 0 Å². The van der Waals surface area contributed by atoms with Crippen molar-refractivity contribution in [1.82, 2.24) is 0 Å². The van der Waals surface area contributed by atoms with Gasteiger partial charge in [0.2, 0.25) is 12.2 Å². The van der Waals surface area contributed by atoms with Crippen LogP contribution in [0.3, 0.4) is 0 Å². The first kappa shape index (κ1) is 25.2. The van der Waals surface area contributed by atoms with Gasteiger partial charge in [0.05, 0.1) is 20.0 Å². The van der Waals surface area contributed by atoms with E-state index in [0.717, 1.165) is 7.11 Å². The molecule has 0 spiro atoms. The molecule has 0 aromatic carbocycles. The second-order valence-corrected chi connectivity index (χ2v) is 8.46. The first-order valence-corrected chi connectivity index (χ1v) is 9.12. The van der Waals surface area contributed by atoms with E-state index in [0.29, 0.717) is 0 Å². The minimum Gasteiger partial charge on any atom is -0.481 e. The molecule has 1 heterocycles. The van der Waals surface area contributed by atoms with Crippen LogP contribution in [0, 0.1) is 23.2 Å². The van der Waals surface area contributed by atoms with Gasteiger partial charge in [0.15, 0.2) is 6.10 Å². The summed E-state index contributed by atoms with van der Waals surface area (Å²) in [5.74, 6) is -9.85. The Morgan fingerprint density at radius 3 is 1.79 bits per heavy atom. The first-order chi connectivity index (χ1) is 13.3. The van der Waals surface area contributed by atoms with Crippen LogP contribution in [-0.4, -0.2) is 68.4 Å². The Balaban J connectivity index is 3.44. The van der Waals surface area contributed by atoms with E-state index < -0.39 is 83.0 Å². The van der Waals surface area contributed by atoms with Gasteiger partial charge in [-0.25, -0.2) is 4.79 Å². The SMILES string of the molecule is COC(=O)[C@H]1O[C@H](OC(=N)C(Cl)(Cl)Cl)[C@H](CC(=O)O)[C@@H](CC(=O)O)[C@@H]1CC(=O)O. The summed E-state index contributed by atoms with van der Waals surface area (Å²) < 4.78 is 12.8. The van der Waals surface area contributed by atoms with Gasteiger partial charge in [-0.2, -0.15) is 0 Å². The Bertz CT molecular complexity index is 680. The van der Waals surface area contributed by atoms with Gasteiger partial charge >= 0.3 is 23.9 Å². The van der Waals surface area contributed by atoms with Crippen LogP contribution in [0.15, 0.2) is 0 Å². The molecule has 0 aliphatic carbocycles. The fourth-order valence-corrected chi connectivity index (χ4v) is 3.28. The average Bonchev–Trinajstić information content (AvgIpc) is 2.56. The highest BCUT2D eigenvalue weighted by Crippen LogP contribution is 2.43. The molecule has 0 saturated carbocycles. The van der Waals surface area contributed by atoms with Crippen molar-refractivity contribution < 1.29 is 48.7 Å². The predicted octanol–water partition coefficient (Wildman–Crippen LogP) is 1.52. The lowest BCUT2D eigenvalue weighted by Crippen LogP contribution is -2.54. The minimum absolute atomic E-state index is 0.701. The van der Waals surface area contributed by atoms with E-state index in [4.69, 9.17) is 49.7 Å². The van der Waals surface area contributed by atoms with Crippen molar-refractivity contribution >= 4 is 64.6 Å². The number of aliphatic carboxylic acids is 3. The number of carbonyl (C=O) groups excluding carboxylic acids is 1. The molecule has 0 bridgehead atoms.